The lowest BCUT2D eigenvalue weighted by Crippen LogP contribution is -2.44. The molecule has 1 amide bonds. The smallest absolute Gasteiger partial charge is 0.257 e. The van der Waals surface area contributed by atoms with Crippen LogP contribution in [0.15, 0.2) is 35.3 Å². The molecule has 2 saturated carbocycles. The molecule has 3 atom stereocenters. The Hall–Kier alpha value is -2.50. The first-order valence-electron chi connectivity index (χ1n) is 13.6. The first kappa shape index (κ1) is 25.6. The van der Waals surface area contributed by atoms with Crippen molar-refractivity contribution in [3.05, 3.63) is 35.9 Å². The molecule has 0 saturated heterocycles. The molecule has 35 heavy (non-hydrogen) atoms. The van der Waals surface area contributed by atoms with Crippen molar-refractivity contribution in [2.45, 2.75) is 95.4 Å². The summed E-state index contributed by atoms with van der Waals surface area (Å²) in [7, 11) is 1.73. The van der Waals surface area contributed by atoms with E-state index in [2.05, 4.69) is 0 Å². The monoisotopic (exact) mass is 479 g/mol. The lowest BCUT2D eigenvalue weighted by atomic mass is 9.71. The van der Waals surface area contributed by atoms with Crippen LogP contribution in [0.5, 0.6) is 0 Å². The number of nitrogens with two attached hydrogens (primary N) is 1. The van der Waals surface area contributed by atoms with Crippen LogP contribution in [-0.2, 0) is 9.59 Å². The third-order valence-electron chi connectivity index (χ3n) is 8.55. The Morgan fingerprint density at radius 2 is 1.69 bits per heavy atom. The number of aliphatic imine (C=N–C) groups is 1. The Balaban J connectivity index is 1.35. The summed E-state index contributed by atoms with van der Waals surface area (Å²) in [6.07, 6.45) is 13.4. The van der Waals surface area contributed by atoms with Gasteiger partial charge in [0.05, 0.1) is 6.42 Å². The van der Waals surface area contributed by atoms with Gasteiger partial charge in [0.2, 0.25) is 0 Å². The van der Waals surface area contributed by atoms with Gasteiger partial charge < -0.3 is 5.73 Å². The van der Waals surface area contributed by atoms with Gasteiger partial charge in [-0.25, -0.2) is 4.99 Å². The Bertz CT molecular complexity index is 938. The molecule has 4 rings (SSSR count). The molecule has 1 aromatic carbocycles. The van der Waals surface area contributed by atoms with Crippen LogP contribution < -0.4 is 5.73 Å². The third kappa shape index (κ3) is 6.39. The molecule has 2 N–H and O–H groups in total. The maximum absolute atomic E-state index is 13.3. The van der Waals surface area contributed by atoms with E-state index in [0.29, 0.717) is 29.8 Å². The molecule has 1 aromatic rings. The van der Waals surface area contributed by atoms with E-state index in [9.17, 15) is 14.4 Å². The summed E-state index contributed by atoms with van der Waals surface area (Å²) in [5, 5.41) is 0. The molecule has 2 aliphatic carbocycles. The first-order valence-corrected chi connectivity index (χ1v) is 13.6. The van der Waals surface area contributed by atoms with Gasteiger partial charge in [0.25, 0.3) is 5.91 Å². The summed E-state index contributed by atoms with van der Waals surface area (Å²) in [6, 6.07) is 9.05. The van der Waals surface area contributed by atoms with Crippen LogP contribution in [0.1, 0.15) is 100 Å². The molecule has 190 valence electrons. The van der Waals surface area contributed by atoms with E-state index in [1.54, 1.807) is 19.2 Å². The van der Waals surface area contributed by atoms with Crippen molar-refractivity contribution in [3.8, 4) is 0 Å². The standard InChI is InChI=1S/C29H41N3O3/c1-32-27(35)29(31-28(32)30,16-15-21-9-4-2-5-10-21)20-23-12-8-11-22(17-23)18-25(33)19-26(34)24-13-6-3-7-14-24/h3,6-7,13-14,21-23H,2,4-5,8-12,15-20H2,1H3,(H2,30,31)/t22-,23+,29-/m1/s1. The highest BCUT2D eigenvalue weighted by Crippen LogP contribution is 2.42. The fraction of sp³-hybridized carbons (Fsp3) is 0.655. The fourth-order valence-electron chi connectivity index (χ4n) is 6.62. The molecule has 0 aromatic heterocycles. The molecule has 3 aliphatic rings. The van der Waals surface area contributed by atoms with Crippen LogP contribution in [0, 0.1) is 17.8 Å². The van der Waals surface area contributed by atoms with Crippen molar-refractivity contribution in [1.29, 1.82) is 0 Å². The topological polar surface area (TPSA) is 92.8 Å². The number of Topliss-reactive ketones (excluding diaryl/α,β-unsaturated/α-hetero) is 2. The summed E-state index contributed by atoms with van der Waals surface area (Å²) >= 11 is 0. The number of carbonyl (C=O) groups is 3. The number of amides is 1. The zero-order chi connectivity index (χ0) is 24.8. The molecule has 6 heteroatoms. The number of carbonyl (C=O) groups excluding carboxylic acids is 3. The summed E-state index contributed by atoms with van der Waals surface area (Å²) in [4.78, 5) is 44.8. The molecule has 0 unspecified atom stereocenters. The number of nitrogens with zero attached hydrogens (tertiary/aromatic N) is 2. The predicted octanol–water partition coefficient (Wildman–Crippen LogP) is 5.30. The number of hydrogen-bond acceptors (Lipinski definition) is 5. The van der Waals surface area contributed by atoms with Crippen molar-refractivity contribution in [2.75, 3.05) is 7.05 Å². The molecule has 2 fully saturated rings. The highest BCUT2D eigenvalue weighted by atomic mass is 16.2. The average Bonchev–Trinajstić information content (AvgIpc) is 3.07. The van der Waals surface area contributed by atoms with E-state index < -0.39 is 5.54 Å². The normalized spacial score (nSPS) is 27.6. The number of likely N-dealkylation sites (N-methyl/N-ethyl adjacent to an activating group) is 1. The van der Waals surface area contributed by atoms with E-state index in [0.717, 1.165) is 44.9 Å². The number of guanidine groups is 1. The molecule has 0 bridgehead atoms. The molecule has 1 heterocycles. The Morgan fingerprint density at radius 3 is 2.37 bits per heavy atom. The van der Waals surface area contributed by atoms with E-state index in [1.807, 2.05) is 18.2 Å². The van der Waals surface area contributed by atoms with Crippen LogP contribution in [0.4, 0.5) is 0 Å². The van der Waals surface area contributed by atoms with Crippen LogP contribution >= 0.6 is 0 Å². The summed E-state index contributed by atoms with van der Waals surface area (Å²) in [5.41, 5.74) is 5.98. The van der Waals surface area contributed by atoms with Gasteiger partial charge in [-0.05, 0) is 43.4 Å². The van der Waals surface area contributed by atoms with Crippen molar-refractivity contribution < 1.29 is 14.4 Å². The molecule has 0 spiro atoms. The Kier molecular flexibility index (Phi) is 8.40. The van der Waals surface area contributed by atoms with Crippen molar-refractivity contribution in [3.63, 3.8) is 0 Å². The van der Waals surface area contributed by atoms with Gasteiger partial charge in [-0.3, -0.25) is 19.3 Å². The largest absolute Gasteiger partial charge is 0.369 e. The van der Waals surface area contributed by atoms with E-state index in [1.165, 1.54) is 37.0 Å². The minimum absolute atomic E-state index is 0.0236. The highest BCUT2D eigenvalue weighted by Gasteiger charge is 2.48. The highest BCUT2D eigenvalue weighted by molar-refractivity contribution is 6.08. The number of hydrogen-bond donors (Lipinski definition) is 1. The van der Waals surface area contributed by atoms with Crippen molar-refractivity contribution >= 4 is 23.4 Å². The minimum Gasteiger partial charge on any atom is -0.369 e. The van der Waals surface area contributed by atoms with Gasteiger partial charge in [0, 0.05) is 19.0 Å². The summed E-state index contributed by atoms with van der Waals surface area (Å²) < 4.78 is 0. The minimum atomic E-state index is -0.740. The zero-order valence-corrected chi connectivity index (χ0v) is 21.2. The first-order chi connectivity index (χ1) is 16.9. The van der Waals surface area contributed by atoms with E-state index in [4.69, 9.17) is 10.7 Å². The third-order valence-corrected chi connectivity index (χ3v) is 8.55. The maximum Gasteiger partial charge on any atom is 0.257 e. The number of rotatable bonds is 10. The molecular weight excluding hydrogens is 438 g/mol. The van der Waals surface area contributed by atoms with Crippen LogP contribution in [0.25, 0.3) is 0 Å². The van der Waals surface area contributed by atoms with Gasteiger partial charge in [-0.2, -0.15) is 0 Å². The van der Waals surface area contributed by atoms with Crippen molar-refractivity contribution in [2.24, 2.45) is 28.5 Å². The second kappa shape index (κ2) is 11.5. The quantitative estimate of drug-likeness (QED) is 0.364. The number of ketones is 2. The molecule has 1 aliphatic heterocycles. The fourth-order valence-corrected chi connectivity index (χ4v) is 6.62. The summed E-state index contributed by atoms with van der Waals surface area (Å²) in [6.45, 7) is 0. The average molecular weight is 480 g/mol. The SMILES string of the molecule is CN1C(=O)[C@@](CCC2CCCCC2)(C[C@H]2CCC[C@@H](CC(=O)CC(=O)c3ccccc3)C2)N=C1N. The van der Waals surface area contributed by atoms with E-state index >= 15 is 0 Å². The van der Waals surface area contributed by atoms with E-state index in [-0.39, 0.29) is 29.8 Å². The van der Waals surface area contributed by atoms with Crippen LogP contribution in [-0.4, -0.2) is 40.9 Å². The Labute approximate surface area is 209 Å². The van der Waals surface area contributed by atoms with Gasteiger partial charge in [0.15, 0.2) is 11.7 Å². The second-order valence-electron chi connectivity index (χ2n) is 11.2. The number of benzene rings is 1. The Morgan fingerprint density at radius 1 is 1.00 bits per heavy atom. The van der Waals surface area contributed by atoms with Gasteiger partial charge >= 0.3 is 0 Å². The molecule has 6 nitrogen and oxygen atoms in total. The summed E-state index contributed by atoms with van der Waals surface area (Å²) in [5.74, 6) is 1.61. The van der Waals surface area contributed by atoms with Gasteiger partial charge in [-0.1, -0.05) is 81.7 Å². The molecular formula is C29H41N3O3. The van der Waals surface area contributed by atoms with Crippen LogP contribution in [0.2, 0.25) is 0 Å². The van der Waals surface area contributed by atoms with Crippen LogP contribution in [0.3, 0.4) is 0 Å². The lowest BCUT2D eigenvalue weighted by molar-refractivity contribution is -0.131. The second-order valence-corrected chi connectivity index (χ2v) is 11.2. The van der Waals surface area contributed by atoms with Gasteiger partial charge in [0.1, 0.15) is 11.3 Å². The lowest BCUT2D eigenvalue weighted by Gasteiger charge is -2.35. The van der Waals surface area contributed by atoms with Gasteiger partial charge in [-0.15, -0.1) is 0 Å². The van der Waals surface area contributed by atoms with Crippen molar-refractivity contribution in [1.82, 2.24) is 4.90 Å². The molecule has 0 radical (unpaired) electrons. The zero-order valence-electron chi connectivity index (χ0n) is 21.2. The maximum atomic E-state index is 13.3. The predicted molar refractivity (Wildman–Crippen MR) is 138 cm³/mol.